The highest BCUT2D eigenvalue weighted by molar-refractivity contribution is 6.05. The largest absolute Gasteiger partial charge is 0.330 e. The summed E-state index contributed by atoms with van der Waals surface area (Å²) in [5.74, 6) is -0.256. The molecular weight excluding hydrogens is 302 g/mol. The van der Waals surface area contributed by atoms with Gasteiger partial charge in [0.25, 0.3) is 5.91 Å². The maximum Gasteiger partial charge on any atom is 0.255 e. The van der Waals surface area contributed by atoms with E-state index in [2.05, 4.69) is 10.6 Å². The van der Waals surface area contributed by atoms with Crippen molar-refractivity contribution in [2.24, 2.45) is 5.73 Å². The quantitative estimate of drug-likeness (QED) is 0.762. The highest BCUT2D eigenvalue weighted by Crippen LogP contribution is 2.21. The molecule has 0 heterocycles. The lowest BCUT2D eigenvalue weighted by atomic mass is 10.1. The van der Waals surface area contributed by atoms with Crippen LogP contribution < -0.4 is 16.4 Å². The molecule has 0 saturated heterocycles. The average Bonchev–Trinajstić information content (AvgIpc) is 2.56. The minimum absolute atomic E-state index is 0.0831. The molecule has 5 nitrogen and oxygen atoms in total. The first-order chi connectivity index (χ1) is 11.5. The molecule has 2 amide bonds. The van der Waals surface area contributed by atoms with Crippen LogP contribution in [-0.2, 0) is 4.79 Å². The third kappa shape index (κ3) is 4.93. The van der Waals surface area contributed by atoms with E-state index in [9.17, 15) is 9.59 Å². The molecule has 0 saturated carbocycles. The van der Waals surface area contributed by atoms with Gasteiger partial charge in [0.05, 0.1) is 0 Å². The van der Waals surface area contributed by atoms with Gasteiger partial charge in [-0.05, 0) is 56.6 Å². The van der Waals surface area contributed by atoms with Crippen LogP contribution in [0.3, 0.4) is 0 Å². The normalized spacial score (nSPS) is 10.3. The number of rotatable bonds is 6. The molecule has 0 bridgehead atoms. The zero-order valence-corrected chi connectivity index (χ0v) is 14.1. The molecule has 0 unspecified atom stereocenters. The number of anilines is 2. The van der Waals surface area contributed by atoms with Crippen molar-refractivity contribution in [3.8, 4) is 0 Å². The van der Waals surface area contributed by atoms with E-state index in [-0.39, 0.29) is 11.8 Å². The number of benzene rings is 2. The molecule has 126 valence electrons. The first-order valence-electron chi connectivity index (χ1n) is 7.98. The van der Waals surface area contributed by atoms with Crippen molar-refractivity contribution in [1.82, 2.24) is 0 Å². The zero-order valence-electron chi connectivity index (χ0n) is 14.1. The molecule has 24 heavy (non-hydrogen) atoms. The Balaban J connectivity index is 2.11. The lowest BCUT2D eigenvalue weighted by Gasteiger charge is -2.12. The second kappa shape index (κ2) is 8.26. The highest BCUT2D eigenvalue weighted by Gasteiger charge is 2.09. The summed E-state index contributed by atoms with van der Waals surface area (Å²) in [6.45, 7) is 4.34. The lowest BCUT2D eigenvalue weighted by molar-refractivity contribution is -0.116. The molecule has 2 rings (SSSR count). The molecule has 0 aromatic heterocycles. The standard InChI is InChI=1S/C19H23N3O2/c1-13-5-3-6-15(11-13)19(24)22-17-12-16(9-8-14(17)2)21-18(23)7-4-10-20/h3,5-6,8-9,11-12H,4,7,10,20H2,1-2H3,(H,21,23)(H,22,24). The molecule has 0 aliphatic heterocycles. The number of carbonyl (C=O) groups excluding carboxylic acids is 2. The van der Waals surface area contributed by atoms with Crippen molar-refractivity contribution < 1.29 is 9.59 Å². The van der Waals surface area contributed by atoms with Crippen LogP contribution in [-0.4, -0.2) is 18.4 Å². The Bertz CT molecular complexity index is 741. The number of carbonyl (C=O) groups is 2. The minimum atomic E-state index is -0.173. The van der Waals surface area contributed by atoms with Gasteiger partial charge in [-0.3, -0.25) is 9.59 Å². The fourth-order valence-corrected chi connectivity index (χ4v) is 2.30. The van der Waals surface area contributed by atoms with Crippen molar-refractivity contribution in [1.29, 1.82) is 0 Å². The van der Waals surface area contributed by atoms with Crippen molar-refractivity contribution in [2.45, 2.75) is 26.7 Å². The first kappa shape index (κ1) is 17.7. The van der Waals surface area contributed by atoms with E-state index in [4.69, 9.17) is 5.73 Å². The summed E-state index contributed by atoms with van der Waals surface area (Å²) in [5.41, 5.74) is 9.30. The summed E-state index contributed by atoms with van der Waals surface area (Å²) in [5, 5.41) is 5.72. The molecule has 4 N–H and O–H groups in total. The van der Waals surface area contributed by atoms with Crippen LogP contribution in [0.2, 0.25) is 0 Å². The van der Waals surface area contributed by atoms with Crippen LogP contribution in [0.1, 0.15) is 34.3 Å². The number of hydrogen-bond donors (Lipinski definition) is 3. The summed E-state index contributed by atoms with van der Waals surface area (Å²) in [6.07, 6.45) is 1.03. The lowest BCUT2D eigenvalue weighted by Crippen LogP contribution is -2.15. The van der Waals surface area contributed by atoms with E-state index in [1.165, 1.54) is 0 Å². The van der Waals surface area contributed by atoms with Crippen LogP contribution >= 0.6 is 0 Å². The fraction of sp³-hybridized carbons (Fsp3) is 0.263. The Morgan fingerprint density at radius 2 is 1.83 bits per heavy atom. The summed E-state index contributed by atoms with van der Waals surface area (Å²) < 4.78 is 0. The molecule has 0 radical (unpaired) electrons. The molecule has 0 spiro atoms. The molecule has 0 aliphatic carbocycles. The van der Waals surface area contributed by atoms with E-state index in [0.29, 0.717) is 36.3 Å². The SMILES string of the molecule is Cc1cccc(C(=O)Nc2cc(NC(=O)CCCN)ccc2C)c1. The Kier molecular flexibility index (Phi) is 6.09. The fourth-order valence-electron chi connectivity index (χ4n) is 2.30. The van der Waals surface area contributed by atoms with E-state index >= 15 is 0 Å². The average molecular weight is 325 g/mol. The van der Waals surface area contributed by atoms with Crippen molar-refractivity contribution in [3.05, 3.63) is 59.2 Å². The third-order valence-electron chi connectivity index (χ3n) is 3.66. The smallest absolute Gasteiger partial charge is 0.255 e. The van der Waals surface area contributed by atoms with Crippen LogP contribution in [0.5, 0.6) is 0 Å². The van der Waals surface area contributed by atoms with Gasteiger partial charge in [-0.2, -0.15) is 0 Å². The minimum Gasteiger partial charge on any atom is -0.330 e. The second-order valence-corrected chi connectivity index (χ2v) is 5.79. The zero-order chi connectivity index (χ0) is 17.5. The third-order valence-corrected chi connectivity index (χ3v) is 3.66. The summed E-state index contributed by atoms with van der Waals surface area (Å²) in [6, 6.07) is 12.9. The van der Waals surface area contributed by atoms with Crippen molar-refractivity contribution in [2.75, 3.05) is 17.2 Å². The molecule has 0 aliphatic rings. The van der Waals surface area contributed by atoms with Gasteiger partial charge in [0.2, 0.25) is 5.91 Å². The first-order valence-corrected chi connectivity index (χ1v) is 7.98. The topological polar surface area (TPSA) is 84.2 Å². The molecule has 0 fully saturated rings. The highest BCUT2D eigenvalue weighted by atomic mass is 16.2. The predicted molar refractivity (Wildman–Crippen MR) is 97.2 cm³/mol. The number of nitrogens with two attached hydrogens (primary N) is 1. The number of amides is 2. The van der Waals surface area contributed by atoms with Gasteiger partial charge >= 0.3 is 0 Å². The van der Waals surface area contributed by atoms with Gasteiger partial charge < -0.3 is 16.4 Å². The maximum atomic E-state index is 12.4. The number of hydrogen-bond acceptors (Lipinski definition) is 3. The van der Waals surface area contributed by atoms with Gasteiger partial charge in [-0.25, -0.2) is 0 Å². The van der Waals surface area contributed by atoms with E-state index in [1.54, 1.807) is 12.1 Å². The Morgan fingerprint density at radius 1 is 1.04 bits per heavy atom. The van der Waals surface area contributed by atoms with Crippen molar-refractivity contribution in [3.63, 3.8) is 0 Å². The van der Waals surface area contributed by atoms with E-state index in [0.717, 1.165) is 11.1 Å². The number of nitrogens with one attached hydrogen (secondary N) is 2. The number of aryl methyl sites for hydroxylation is 2. The van der Waals surface area contributed by atoms with E-state index in [1.807, 2.05) is 44.2 Å². The summed E-state index contributed by atoms with van der Waals surface area (Å²) in [7, 11) is 0. The monoisotopic (exact) mass is 325 g/mol. The van der Waals surface area contributed by atoms with Gasteiger partial charge in [0.15, 0.2) is 0 Å². The van der Waals surface area contributed by atoms with Crippen LogP contribution in [0.25, 0.3) is 0 Å². The van der Waals surface area contributed by atoms with E-state index < -0.39 is 0 Å². The Hall–Kier alpha value is -2.66. The van der Waals surface area contributed by atoms with Crippen LogP contribution in [0.4, 0.5) is 11.4 Å². The molecule has 0 atom stereocenters. The molecule has 5 heteroatoms. The van der Waals surface area contributed by atoms with Crippen LogP contribution in [0.15, 0.2) is 42.5 Å². The van der Waals surface area contributed by atoms with Gasteiger partial charge in [0, 0.05) is 23.4 Å². The summed E-state index contributed by atoms with van der Waals surface area (Å²) >= 11 is 0. The maximum absolute atomic E-state index is 12.4. The van der Waals surface area contributed by atoms with Crippen LogP contribution in [0, 0.1) is 13.8 Å². The molecule has 2 aromatic carbocycles. The predicted octanol–water partition coefficient (Wildman–Crippen LogP) is 3.23. The Morgan fingerprint density at radius 3 is 2.54 bits per heavy atom. The van der Waals surface area contributed by atoms with Gasteiger partial charge in [0.1, 0.15) is 0 Å². The van der Waals surface area contributed by atoms with Gasteiger partial charge in [-0.1, -0.05) is 23.8 Å². The van der Waals surface area contributed by atoms with Crippen molar-refractivity contribution >= 4 is 23.2 Å². The summed E-state index contributed by atoms with van der Waals surface area (Å²) in [4.78, 5) is 24.2. The molecule has 2 aromatic rings. The Labute approximate surface area is 142 Å². The molecular formula is C19H23N3O2. The van der Waals surface area contributed by atoms with Gasteiger partial charge in [-0.15, -0.1) is 0 Å². The second-order valence-electron chi connectivity index (χ2n) is 5.79.